The molecule has 0 radical (unpaired) electrons. The minimum absolute atomic E-state index is 0.283. The van der Waals surface area contributed by atoms with Gasteiger partial charge in [-0.1, -0.05) is 0 Å². The average molecular weight is 237 g/mol. The number of carbonyl (C=O) groups excluding carboxylic acids is 1. The van der Waals surface area contributed by atoms with Gasteiger partial charge in [-0.05, 0) is 19.1 Å². The molecule has 0 spiro atoms. The van der Waals surface area contributed by atoms with Gasteiger partial charge in [-0.15, -0.1) is 0 Å². The molecular weight excluding hydrogens is 225 g/mol. The number of nitrogens with one attached hydrogen (secondary N) is 1. The van der Waals surface area contributed by atoms with Crippen molar-refractivity contribution in [2.45, 2.75) is 6.92 Å². The second-order valence-corrected chi connectivity index (χ2v) is 3.48. The van der Waals surface area contributed by atoms with Gasteiger partial charge in [0.1, 0.15) is 17.3 Å². The van der Waals surface area contributed by atoms with Crippen LogP contribution in [-0.2, 0) is 4.74 Å². The normalized spacial score (nSPS) is 10.5. The van der Waals surface area contributed by atoms with Gasteiger partial charge in [0.15, 0.2) is 0 Å². The summed E-state index contributed by atoms with van der Waals surface area (Å²) < 4.78 is 23.1. The molecule has 4 nitrogen and oxygen atoms in total. The molecule has 1 N–H and O–H groups in total. The summed E-state index contributed by atoms with van der Waals surface area (Å²) in [5.41, 5.74) is 0.864. The number of aromatic nitrogens is 1. The highest BCUT2D eigenvalue weighted by Crippen LogP contribution is 2.27. The second-order valence-electron chi connectivity index (χ2n) is 3.48. The number of fused-ring (bicyclic) bond motifs is 1. The molecule has 0 unspecified atom stereocenters. The predicted octanol–water partition coefficient (Wildman–Crippen LogP) is 2.49. The zero-order chi connectivity index (χ0) is 12.4. The van der Waals surface area contributed by atoms with Crippen LogP contribution in [0.25, 0.3) is 10.9 Å². The summed E-state index contributed by atoms with van der Waals surface area (Å²) in [5, 5.41) is 0.574. The molecule has 0 atom stereocenters. The van der Waals surface area contributed by atoms with Crippen molar-refractivity contribution in [2.75, 3.05) is 13.7 Å². The number of H-pyrrole nitrogens is 1. The molecule has 0 aliphatic heterocycles. The lowest BCUT2D eigenvalue weighted by molar-refractivity contribution is 0.0520. The van der Waals surface area contributed by atoms with Crippen LogP contribution in [0, 0.1) is 5.82 Å². The van der Waals surface area contributed by atoms with Gasteiger partial charge in [-0.3, -0.25) is 0 Å². The molecule has 0 aliphatic carbocycles. The zero-order valence-corrected chi connectivity index (χ0v) is 9.54. The highest BCUT2D eigenvalue weighted by Gasteiger charge is 2.13. The van der Waals surface area contributed by atoms with Crippen molar-refractivity contribution in [1.82, 2.24) is 4.98 Å². The van der Waals surface area contributed by atoms with Crippen molar-refractivity contribution < 1.29 is 18.7 Å². The first-order chi connectivity index (χ1) is 8.15. The van der Waals surface area contributed by atoms with Crippen molar-refractivity contribution >= 4 is 16.9 Å². The highest BCUT2D eigenvalue weighted by atomic mass is 19.1. The fourth-order valence-electron chi connectivity index (χ4n) is 1.66. The molecule has 0 amide bonds. The molecule has 0 saturated heterocycles. The third-order valence-electron chi connectivity index (χ3n) is 2.37. The summed E-state index contributed by atoms with van der Waals surface area (Å²) in [4.78, 5) is 14.4. The van der Waals surface area contributed by atoms with Gasteiger partial charge in [0.05, 0.1) is 19.2 Å². The van der Waals surface area contributed by atoms with E-state index in [-0.39, 0.29) is 5.69 Å². The Kier molecular flexibility index (Phi) is 2.99. The molecule has 1 heterocycles. The van der Waals surface area contributed by atoms with E-state index in [2.05, 4.69) is 4.98 Å². The Balaban J connectivity index is 2.53. The molecule has 2 aromatic rings. The molecule has 0 saturated carbocycles. The third-order valence-corrected chi connectivity index (χ3v) is 2.37. The van der Waals surface area contributed by atoms with Gasteiger partial charge in [0, 0.05) is 11.5 Å². The Labute approximate surface area is 97.3 Å². The standard InChI is InChI=1S/C12H12FNO3/c1-3-17-12(15)9-5-7-4-8(13)6-10(16-2)11(7)14-9/h4-6,14H,3H2,1-2H3. The van der Waals surface area contributed by atoms with Crippen molar-refractivity contribution in [1.29, 1.82) is 0 Å². The Hall–Kier alpha value is -2.04. The first-order valence-corrected chi connectivity index (χ1v) is 5.19. The highest BCUT2D eigenvalue weighted by molar-refractivity contribution is 5.96. The molecule has 1 aromatic carbocycles. The minimum atomic E-state index is -0.467. The number of ether oxygens (including phenoxy) is 2. The molecule has 5 heteroatoms. The SMILES string of the molecule is CCOC(=O)c1cc2cc(F)cc(OC)c2[nH]1. The van der Waals surface area contributed by atoms with Crippen LogP contribution in [0.1, 0.15) is 17.4 Å². The number of rotatable bonds is 3. The molecule has 2 rings (SSSR count). The van der Waals surface area contributed by atoms with Gasteiger partial charge >= 0.3 is 5.97 Å². The lowest BCUT2D eigenvalue weighted by Gasteiger charge is -2.01. The molecule has 0 fully saturated rings. The van der Waals surface area contributed by atoms with Crippen LogP contribution in [0.15, 0.2) is 18.2 Å². The van der Waals surface area contributed by atoms with Crippen molar-refractivity contribution in [3.8, 4) is 5.75 Å². The van der Waals surface area contributed by atoms with Crippen LogP contribution >= 0.6 is 0 Å². The van der Waals surface area contributed by atoms with E-state index < -0.39 is 11.8 Å². The lowest BCUT2D eigenvalue weighted by atomic mass is 10.2. The molecule has 0 aliphatic rings. The van der Waals surface area contributed by atoms with Gasteiger partial charge in [0.25, 0.3) is 0 Å². The van der Waals surface area contributed by atoms with Crippen LogP contribution in [-0.4, -0.2) is 24.7 Å². The first kappa shape index (κ1) is 11.4. The number of benzene rings is 1. The van der Waals surface area contributed by atoms with Crippen LogP contribution in [0.5, 0.6) is 5.75 Å². The van der Waals surface area contributed by atoms with E-state index in [1.807, 2.05) is 0 Å². The summed E-state index contributed by atoms with van der Waals surface area (Å²) in [6.07, 6.45) is 0. The number of carbonyl (C=O) groups is 1. The maximum absolute atomic E-state index is 13.2. The zero-order valence-electron chi connectivity index (χ0n) is 9.54. The predicted molar refractivity (Wildman–Crippen MR) is 60.8 cm³/mol. The van der Waals surface area contributed by atoms with E-state index in [0.717, 1.165) is 0 Å². The monoisotopic (exact) mass is 237 g/mol. The number of hydrogen-bond donors (Lipinski definition) is 1. The van der Waals surface area contributed by atoms with Crippen LogP contribution in [0.3, 0.4) is 0 Å². The molecule has 0 bridgehead atoms. The largest absolute Gasteiger partial charge is 0.494 e. The van der Waals surface area contributed by atoms with E-state index in [1.54, 1.807) is 13.0 Å². The number of hydrogen-bond acceptors (Lipinski definition) is 3. The quantitative estimate of drug-likeness (QED) is 0.834. The van der Waals surface area contributed by atoms with E-state index >= 15 is 0 Å². The van der Waals surface area contributed by atoms with Crippen molar-refractivity contribution in [3.05, 3.63) is 29.7 Å². The summed E-state index contributed by atoms with van der Waals surface area (Å²) >= 11 is 0. The number of esters is 1. The van der Waals surface area contributed by atoms with Gasteiger partial charge in [-0.2, -0.15) is 0 Å². The van der Waals surface area contributed by atoms with Crippen molar-refractivity contribution in [2.24, 2.45) is 0 Å². The van der Waals surface area contributed by atoms with E-state index in [9.17, 15) is 9.18 Å². The molecule has 90 valence electrons. The minimum Gasteiger partial charge on any atom is -0.494 e. The molecular formula is C12H12FNO3. The smallest absolute Gasteiger partial charge is 0.354 e. The van der Waals surface area contributed by atoms with E-state index in [1.165, 1.54) is 19.2 Å². The third kappa shape index (κ3) is 2.08. The summed E-state index contributed by atoms with van der Waals surface area (Å²) in [6, 6.07) is 4.13. The van der Waals surface area contributed by atoms with E-state index in [4.69, 9.17) is 9.47 Å². The van der Waals surface area contributed by atoms with Gasteiger partial charge < -0.3 is 14.5 Å². The first-order valence-electron chi connectivity index (χ1n) is 5.19. The summed E-state index contributed by atoms with van der Waals surface area (Å²) in [5.74, 6) is -0.523. The lowest BCUT2D eigenvalue weighted by Crippen LogP contribution is -2.04. The Morgan fingerprint density at radius 3 is 2.82 bits per heavy atom. The average Bonchev–Trinajstić information content (AvgIpc) is 2.71. The Bertz CT molecular complexity index is 562. The van der Waals surface area contributed by atoms with Crippen molar-refractivity contribution in [3.63, 3.8) is 0 Å². The Morgan fingerprint density at radius 2 is 2.18 bits per heavy atom. The fourth-order valence-corrected chi connectivity index (χ4v) is 1.66. The molecule has 1 aromatic heterocycles. The van der Waals surface area contributed by atoms with Crippen LogP contribution in [0.2, 0.25) is 0 Å². The van der Waals surface area contributed by atoms with Crippen LogP contribution < -0.4 is 4.74 Å². The maximum Gasteiger partial charge on any atom is 0.354 e. The number of methoxy groups -OCH3 is 1. The Morgan fingerprint density at radius 1 is 1.41 bits per heavy atom. The van der Waals surface area contributed by atoms with Crippen LogP contribution in [0.4, 0.5) is 4.39 Å². The van der Waals surface area contributed by atoms with Gasteiger partial charge in [-0.25, -0.2) is 9.18 Å². The fraction of sp³-hybridized carbons (Fsp3) is 0.250. The summed E-state index contributed by atoms with van der Waals surface area (Å²) in [6.45, 7) is 2.01. The number of aromatic amines is 1. The second kappa shape index (κ2) is 4.45. The summed E-state index contributed by atoms with van der Waals surface area (Å²) in [7, 11) is 1.44. The topological polar surface area (TPSA) is 51.3 Å². The maximum atomic E-state index is 13.2. The molecule has 17 heavy (non-hydrogen) atoms. The number of halogens is 1. The van der Waals surface area contributed by atoms with Gasteiger partial charge in [0.2, 0.25) is 0 Å². The van der Waals surface area contributed by atoms with E-state index in [0.29, 0.717) is 23.3 Å².